The third-order valence-electron chi connectivity index (χ3n) is 3.47. The van der Waals surface area contributed by atoms with Crippen LogP contribution in [0.1, 0.15) is 5.01 Å². The van der Waals surface area contributed by atoms with Crippen molar-refractivity contribution in [1.82, 2.24) is 14.5 Å². The molecule has 0 aliphatic heterocycles. The van der Waals surface area contributed by atoms with E-state index < -0.39 is 0 Å². The molecule has 5 nitrogen and oxygen atoms in total. The Morgan fingerprint density at radius 1 is 1.33 bits per heavy atom. The van der Waals surface area contributed by atoms with Crippen LogP contribution < -0.4 is 5.76 Å². The van der Waals surface area contributed by atoms with Gasteiger partial charge in [0.1, 0.15) is 0 Å². The smallest absolute Gasteiger partial charge is 0.408 e. The van der Waals surface area contributed by atoms with Gasteiger partial charge in [-0.15, -0.1) is 11.3 Å². The summed E-state index contributed by atoms with van der Waals surface area (Å²) >= 11 is 1.68. The van der Waals surface area contributed by atoms with Crippen molar-refractivity contribution in [2.45, 2.75) is 13.0 Å². The van der Waals surface area contributed by atoms with Gasteiger partial charge in [-0.1, -0.05) is 12.1 Å². The Labute approximate surface area is 126 Å². The number of hydrogen-bond acceptors (Lipinski definition) is 5. The number of fused-ring (bicyclic) bond motifs is 1. The minimum atomic E-state index is -0.287. The molecule has 1 aromatic carbocycles. The maximum atomic E-state index is 11.9. The van der Waals surface area contributed by atoms with E-state index in [1.165, 1.54) is 0 Å². The summed E-state index contributed by atoms with van der Waals surface area (Å²) < 4.78 is 6.92. The van der Waals surface area contributed by atoms with Crippen LogP contribution in [0.25, 0.3) is 11.1 Å². The van der Waals surface area contributed by atoms with E-state index in [4.69, 9.17) is 4.42 Å². The van der Waals surface area contributed by atoms with Gasteiger partial charge in [0.2, 0.25) is 0 Å². The van der Waals surface area contributed by atoms with Crippen LogP contribution in [0.2, 0.25) is 0 Å². The fraction of sp³-hybridized carbons (Fsp3) is 0.333. The number of benzene rings is 1. The van der Waals surface area contributed by atoms with Gasteiger partial charge in [-0.05, 0) is 19.2 Å². The number of aromatic nitrogens is 2. The molecule has 2 aromatic heterocycles. The predicted molar refractivity (Wildman–Crippen MR) is 83.8 cm³/mol. The van der Waals surface area contributed by atoms with Crippen LogP contribution in [0.4, 0.5) is 0 Å². The molecule has 0 fully saturated rings. The van der Waals surface area contributed by atoms with Gasteiger partial charge in [0, 0.05) is 37.6 Å². The van der Waals surface area contributed by atoms with Gasteiger partial charge in [0.15, 0.2) is 5.58 Å². The molecule has 0 aliphatic carbocycles. The summed E-state index contributed by atoms with van der Waals surface area (Å²) in [6, 6.07) is 7.52. The molecule has 0 aliphatic rings. The lowest BCUT2D eigenvalue weighted by atomic mass is 10.3. The van der Waals surface area contributed by atoms with E-state index in [1.54, 1.807) is 15.9 Å². The van der Waals surface area contributed by atoms with Crippen LogP contribution >= 0.6 is 11.3 Å². The number of rotatable bonds is 6. The van der Waals surface area contributed by atoms with Crippen LogP contribution in [-0.2, 0) is 13.0 Å². The highest BCUT2D eigenvalue weighted by molar-refractivity contribution is 7.09. The highest BCUT2D eigenvalue weighted by atomic mass is 32.1. The third kappa shape index (κ3) is 3.22. The SMILES string of the molecule is CN(CCc1nccs1)CCn1c(=O)oc2ccccc21. The summed E-state index contributed by atoms with van der Waals surface area (Å²) in [6.45, 7) is 2.36. The van der Waals surface area contributed by atoms with Crippen molar-refractivity contribution in [3.63, 3.8) is 0 Å². The lowest BCUT2D eigenvalue weighted by Gasteiger charge is -2.15. The molecule has 3 aromatic rings. The van der Waals surface area contributed by atoms with Gasteiger partial charge in [0.05, 0.1) is 10.5 Å². The van der Waals surface area contributed by atoms with Gasteiger partial charge >= 0.3 is 5.76 Å². The van der Waals surface area contributed by atoms with Gasteiger partial charge in [-0.25, -0.2) is 9.78 Å². The Morgan fingerprint density at radius 3 is 3.00 bits per heavy atom. The molecule has 0 bridgehead atoms. The molecule has 2 heterocycles. The van der Waals surface area contributed by atoms with E-state index in [9.17, 15) is 4.79 Å². The fourth-order valence-electron chi connectivity index (χ4n) is 2.27. The minimum absolute atomic E-state index is 0.287. The molecule has 6 heteroatoms. The lowest BCUT2D eigenvalue weighted by molar-refractivity contribution is 0.318. The maximum absolute atomic E-state index is 11.9. The molecule has 0 N–H and O–H groups in total. The van der Waals surface area contributed by atoms with Crippen LogP contribution in [0, 0.1) is 0 Å². The topological polar surface area (TPSA) is 51.3 Å². The second kappa shape index (κ2) is 6.24. The number of likely N-dealkylation sites (N-methyl/N-ethyl adjacent to an activating group) is 1. The first-order valence-corrected chi connectivity index (χ1v) is 7.77. The molecule has 3 rings (SSSR count). The Hall–Kier alpha value is -1.92. The van der Waals surface area contributed by atoms with Crippen molar-refractivity contribution in [2.75, 3.05) is 20.1 Å². The Morgan fingerprint density at radius 2 is 2.19 bits per heavy atom. The highest BCUT2D eigenvalue weighted by Crippen LogP contribution is 2.11. The zero-order chi connectivity index (χ0) is 14.7. The molecule has 0 saturated carbocycles. The zero-order valence-corrected chi connectivity index (χ0v) is 12.7. The number of nitrogens with zero attached hydrogens (tertiary/aromatic N) is 3. The zero-order valence-electron chi connectivity index (χ0n) is 11.9. The molecule has 21 heavy (non-hydrogen) atoms. The summed E-state index contributed by atoms with van der Waals surface area (Å²) in [5, 5.41) is 3.14. The second-order valence-corrected chi connectivity index (χ2v) is 5.95. The van der Waals surface area contributed by atoms with Crippen molar-refractivity contribution in [2.24, 2.45) is 0 Å². The number of para-hydroxylation sites is 2. The van der Waals surface area contributed by atoms with Gasteiger partial charge in [0.25, 0.3) is 0 Å². The lowest BCUT2D eigenvalue weighted by Crippen LogP contribution is -2.28. The van der Waals surface area contributed by atoms with Crippen LogP contribution in [0.15, 0.2) is 45.1 Å². The van der Waals surface area contributed by atoms with Crippen LogP contribution in [-0.4, -0.2) is 34.6 Å². The van der Waals surface area contributed by atoms with Crippen molar-refractivity contribution < 1.29 is 4.42 Å². The molecule has 0 spiro atoms. The van der Waals surface area contributed by atoms with E-state index in [0.29, 0.717) is 12.1 Å². The first-order valence-electron chi connectivity index (χ1n) is 6.89. The Bertz CT molecular complexity index is 761. The molecule has 110 valence electrons. The van der Waals surface area contributed by atoms with E-state index in [2.05, 4.69) is 16.9 Å². The first-order chi connectivity index (χ1) is 10.2. The predicted octanol–water partition coefficient (Wildman–Crippen LogP) is 2.23. The molecule has 0 unspecified atom stereocenters. The van der Waals surface area contributed by atoms with Crippen LogP contribution in [0.5, 0.6) is 0 Å². The Kier molecular flexibility index (Phi) is 4.17. The summed E-state index contributed by atoms with van der Waals surface area (Å²) in [4.78, 5) is 18.3. The molecule has 0 saturated heterocycles. The van der Waals surface area contributed by atoms with Gasteiger partial charge in [-0.2, -0.15) is 0 Å². The highest BCUT2D eigenvalue weighted by Gasteiger charge is 2.09. The van der Waals surface area contributed by atoms with Crippen molar-refractivity contribution in [3.05, 3.63) is 51.4 Å². The molecule has 0 amide bonds. The third-order valence-corrected chi connectivity index (χ3v) is 4.31. The number of oxazole rings is 1. The summed E-state index contributed by atoms with van der Waals surface area (Å²) in [5.74, 6) is -0.287. The number of thiazole rings is 1. The fourth-order valence-corrected chi connectivity index (χ4v) is 2.88. The van der Waals surface area contributed by atoms with E-state index in [-0.39, 0.29) is 5.76 Å². The molecular formula is C15H17N3O2S. The van der Waals surface area contributed by atoms with E-state index >= 15 is 0 Å². The summed E-state index contributed by atoms with van der Waals surface area (Å²) in [7, 11) is 2.06. The number of hydrogen-bond donors (Lipinski definition) is 0. The molecule has 0 atom stereocenters. The first kappa shape index (κ1) is 14.0. The van der Waals surface area contributed by atoms with E-state index in [1.807, 2.05) is 35.8 Å². The molecular weight excluding hydrogens is 286 g/mol. The van der Waals surface area contributed by atoms with E-state index in [0.717, 1.165) is 30.0 Å². The standard InChI is InChI=1S/C15H17N3O2S/c1-17(8-6-14-16-7-11-21-14)9-10-18-12-4-2-3-5-13(12)20-15(18)19/h2-5,7,11H,6,8-10H2,1H3. The van der Waals surface area contributed by atoms with Crippen molar-refractivity contribution in [3.8, 4) is 0 Å². The Balaban J connectivity index is 1.61. The second-order valence-electron chi connectivity index (χ2n) is 4.97. The van der Waals surface area contributed by atoms with Gasteiger partial charge < -0.3 is 9.32 Å². The van der Waals surface area contributed by atoms with Gasteiger partial charge in [-0.3, -0.25) is 4.57 Å². The average molecular weight is 303 g/mol. The van der Waals surface area contributed by atoms with Crippen molar-refractivity contribution in [1.29, 1.82) is 0 Å². The van der Waals surface area contributed by atoms with Crippen LogP contribution in [0.3, 0.4) is 0 Å². The normalized spacial score (nSPS) is 11.5. The monoisotopic (exact) mass is 303 g/mol. The van der Waals surface area contributed by atoms with Crippen molar-refractivity contribution >= 4 is 22.4 Å². The molecule has 0 radical (unpaired) electrons. The summed E-state index contributed by atoms with van der Waals surface area (Å²) in [5.41, 5.74) is 1.50. The summed E-state index contributed by atoms with van der Waals surface area (Å²) in [6.07, 6.45) is 2.77. The maximum Gasteiger partial charge on any atom is 0.419 e. The average Bonchev–Trinajstić information content (AvgIpc) is 3.10. The quantitative estimate of drug-likeness (QED) is 0.701. The minimum Gasteiger partial charge on any atom is -0.408 e. The largest absolute Gasteiger partial charge is 0.419 e.